The molecule has 0 aliphatic carbocycles. The van der Waals surface area contributed by atoms with Gasteiger partial charge in [-0.05, 0) is 40.2 Å². The van der Waals surface area contributed by atoms with E-state index in [0.717, 1.165) is 20.2 Å². The van der Waals surface area contributed by atoms with Crippen LogP contribution in [0.2, 0.25) is 0 Å². The highest BCUT2D eigenvalue weighted by Crippen LogP contribution is 2.29. The minimum Gasteiger partial charge on any atom is -0.367 e. The number of thiophene rings is 1. The van der Waals surface area contributed by atoms with Crippen molar-refractivity contribution in [3.05, 3.63) is 28.1 Å². The summed E-state index contributed by atoms with van der Waals surface area (Å²) in [5, 5.41) is 11.3. The second-order valence-corrected chi connectivity index (χ2v) is 5.59. The molecule has 0 aliphatic rings. The van der Waals surface area contributed by atoms with Gasteiger partial charge in [0, 0.05) is 13.1 Å². The van der Waals surface area contributed by atoms with Crippen molar-refractivity contribution in [1.82, 2.24) is 10.2 Å². The number of nitrogens with two attached hydrogens (primary N) is 1. The molecule has 0 aromatic carbocycles. The molecule has 2 aromatic rings. The van der Waals surface area contributed by atoms with Gasteiger partial charge in [0.15, 0.2) is 0 Å². The van der Waals surface area contributed by atoms with Gasteiger partial charge in [-0.25, -0.2) is 0 Å². The average Bonchev–Trinajstić information content (AvgIpc) is 2.74. The molecule has 0 radical (unpaired) electrons. The van der Waals surface area contributed by atoms with Crippen LogP contribution < -0.4 is 11.1 Å². The number of aromatic nitrogens is 2. The predicted octanol–water partition coefficient (Wildman–Crippen LogP) is 2.34. The first-order chi connectivity index (χ1) is 7.79. The molecule has 0 saturated carbocycles. The number of nitrogens with one attached hydrogen (secondary N) is 1. The van der Waals surface area contributed by atoms with Crippen LogP contribution >= 0.6 is 27.3 Å². The topological polar surface area (TPSA) is 63.8 Å². The molecule has 6 heteroatoms. The van der Waals surface area contributed by atoms with Gasteiger partial charge in [0.05, 0.1) is 8.66 Å². The largest absolute Gasteiger partial charge is 0.367 e. The zero-order valence-corrected chi connectivity index (χ0v) is 10.9. The number of rotatable bonds is 4. The number of halogens is 1. The molecule has 0 amide bonds. The van der Waals surface area contributed by atoms with Crippen LogP contribution in [0.15, 0.2) is 28.1 Å². The first-order valence-corrected chi connectivity index (χ1v) is 6.44. The Hall–Kier alpha value is -0.980. The maximum Gasteiger partial charge on any atom is 0.148 e. The Bertz CT molecular complexity index is 454. The van der Waals surface area contributed by atoms with E-state index in [1.807, 2.05) is 24.3 Å². The molecule has 0 bridgehead atoms. The predicted molar refractivity (Wildman–Crippen MR) is 70.6 cm³/mol. The molecular formula is C10H11BrN4S. The Morgan fingerprint density at radius 3 is 2.69 bits per heavy atom. The summed E-state index contributed by atoms with van der Waals surface area (Å²) in [6.45, 7) is 1.29. The van der Waals surface area contributed by atoms with Gasteiger partial charge in [-0.1, -0.05) is 0 Å². The quantitative estimate of drug-likeness (QED) is 0.909. The number of anilines is 1. The van der Waals surface area contributed by atoms with Crippen molar-refractivity contribution in [2.45, 2.75) is 0 Å². The van der Waals surface area contributed by atoms with Gasteiger partial charge < -0.3 is 11.1 Å². The Balaban J connectivity index is 2.13. The SMILES string of the molecule is NCCNc1ccc(-c2ccc(Br)s2)nn1. The number of hydrogen-bond donors (Lipinski definition) is 2. The van der Waals surface area contributed by atoms with Gasteiger partial charge in [-0.3, -0.25) is 0 Å². The fraction of sp³-hybridized carbons (Fsp3) is 0.200. The lowest BCUT2D eigenvalue weighted by Gasteiger charge is -2.02. The number of nitrogens with zero attached hydrogens (tertiary/aromatic N) is 2. The van der Waals surface area contributed by atoms with E-state index in [4.69, 9.17) is 5.73 Å². The van der Waals surface area contributed by atoms with Gasteiger partial charge in [-0.2, -0.15) is 0 Å². The summed E-state index contributed by atoms with van der Waals surface area (Å²) in [6, 6.07) is 7.88. The van der Waals surface area contributed by atoms with Crippen LogP contribution in [0, 0.1) is 0 Å². The molecule has 0 aliphatic heterocycles. The van der Waals surface area contributed by atoms with Gasteiger partial charge >= 0.3 is 0 Å². The summed E-state index contributed by atoms with van der Waals surface area (Å²) in [4.78, 5) is 1.10. The van der Waals surface area contributed by atoms with Crippen molar-refractivity contribution in [1.29, 1.82) is 0 Å². The van der Waals surface area contributed by atoms with Gasteiger partial charge in [0.25, 0.3) is 0 Å². The molecular weight excluding hydrogens is 288 g/mol. The van der Waals surface area contributed by atoms with E-state index in [0.29, 0.717) is 13.1 Å². The van der Waals surface area contributed by atoms with Crippen molar-refractivity contribution in [3.63, 3.8) is 0 Å². The fourth-order valence-electron chi connectivity index (χ4n) is 1.21. The molecule has 2 rings (SSSR count). The monoisotopic (exact) mass is 298 g/mol. The van der Waals surface area contributed by atoms with E-state index < -0.39 is 0 Å². The molecule has 4 nitrogen and oxygen atoms in total. The number of hydrogen-bond acceptors (Lipinski definition) is 5. The van der Waals surface area contributed by atoms with Crippen LogP contribution in [-0.4, -0.2) is 23.3 Å². The lowest BCUT2D eigenvalue weighted by atomic mass is 10.3. The van der Waals surface area contributed by atoms with Crippen molar-refractivity contribution in [3.8, 4) is 10.6 Å². The van der Waals surface area contributed by atoms with Crippen LogP contribution in [0.4, 0.5) is 5.82 Å². The molecule has 84 valence electrons. The van der Waals surface area contributed by atoms with E-state index in [1.54, 1.807) is 11.3 Å². The maximum atomic E-state index is 5.39. The summed E-state index contributed by atoms with van der Waals surface area (Å²) in [5.74, 6) is 0.754. The van der Waals surface area contributed by atoms with Crippen molar-refractivity contribution in [2.75, 3.05) is 18.4 Å². The van der Waals surface area contributed by atoms with Crippen molar-refractivity contribution in [2.24, 2.45) is 5.73 Å². The highest BCUT2D eigenvalue weighted by molar-refractivity contribution is 9.11. The minimum absolute atomic E-state index is 0.585. The van der Waals surface area contributed by atoms with E-state index in [2.05, 4.69) is 31.4 Å². The molecule has 0 fully saturated rings. The second kappa shape index (κ2) is 5.38. The van der Waals surface area contributed by atoms with Gasteiger partial charge in [0.2, 0.25) is 0 Å². The first-order valence-electron chi connectivity index (χ1n) is 4.83. The summed E-state index contributed by atoms with van der Waals surface area (Å²) in [6.07, 6.45) is 0. The Labute approximate surface area is 106 Å². The molecule has 0 atom stereocenters. The lowest BCUT2D eigenvalue weighted by Crippen LogP contribution is -2.14. The smallest absolute Gasteiger partial charge is 0.148 e. The maximum absolute atomic E-state index is 5.39. The summed E-state index contributed by atoms with van der Waals surface area (Å²) in [5.41, 5.74) is 6.27. The summed E-state index contributed by atoms with van der Waals surface area (Å²) < 4.78 is 1.09. The van der Waals surface area contributed by atoms with Crippen LogP contribution in [-0.2, 0) is 0 Å². The molecule has 3 N–H and O–H groups in total. The van der Waals surface area contributed by atoms with E-state index in [1.165, 1.54) is 0 Å². The van der Waals surface area contributed by atoms with Gasteiger partial charge in [0.1, 0.15) is 11.5 Å². The summed E-state index contributed by atoms with van der Waals surface area (Å²) >= 11 is 5.06. The lowest BCUT2D eigenvalue weighted by molar-refractivity contribution is 0.975. The third kappa shape index (κ3) is 2.78. The zero-order valence-electron chi connectivity index (χ0n) is 8.48. The average molecular weight is 299 g/mol. The van der Waals surface area contributed by atoms with Crippen molar-refractivity contribution < 1.29 is 0 Å². The molecule has 0 saturated heterocycles. The molecule has 0 spiro atoms. The van der Waals surface area contributed by atoms with E-state index >= 15 is 0 Å². The molecule has 16 heavy (non-hydrogen) atoms. The van der Waals surface area contributed by atoms with Crippen LogP contribution in [0.3, 0.4) is 0 Å². The third-order valence-electron chi connectivity index (χ3n) is 1.94. The highest BCUT2D eigenvalue weighted by Gasteiger charge is 2.03. The Morgan fingerprint density at radius 2 is 2.12 bits per heavy atom. The normalized spacial score (nSPS) is 10.4. The minimum atomic E-state index is 0.585. The van der Waals surface area contributed by atoms with Crippen LogP contribution in [0.5, 0.6) is 0 Å². The Morgan fingerprint density at radius 1 is 1.25 bits per heavy atom. The standard InChI is InChI=1S/C10H11BrN4S/c11-9-3-2-8(16-9)7-1-4-10(15-14-7)13-6-5-12/h1-4H,5-6,12H2,(H,13,15). The van der Waals surface area contributed by atoms with Crippen molar-refractivity contribution >= 4 is 33.1 Å². The van der Waals surface area contributed by atoms with Crippen LogP contribution in [0.1, 0.15) is 0 Å². The third-order valence-corrected chi connectivity index (χ3v) is 3.59. The summed E-state index contributed by atoms with van der Waals surface area (Å²) in [7, 11) is 0. The fourth-order valence-corrected chi connectivity index (χ4v) is 2.56. The Kier molecular flexibility index (Phi) is 3.87. The van der Waals surface area contributed by atoms with Crippen LogP contribution in [0.25, 0.3) is 10.6 Å². The van der Waals surface area contributed by atoms with E-state index in [-0.39, 0.29) is 0 Å². The zero-order chi connectivity index (χ0) is 11.4. The van der Waals surface area contributed by atoms with E-state index in [9.17, 15) is 0 Å². The molecule has 2 heterocycles. The molecule has 2 aromatic heterocycles. The second-order valence-electron chi connectivity index (χ2n) is 3.12. The molecule has 0 unspecified atom stereocenters. The first kappa shape index (κ1) is 11.5. The van der Waals surface area contributed by atoms with Gasteiger partial charge in [-0.15, -0.1) is 21.5 Å². The highest BCUT2D eigenvalue weighted by atomic mass is 79.9.